The molecule has 0 aliphatic rings. The summed E-state index contributed by atoms with van der Waals surface area (Å²) in [4.78, 5) is 15.9. The van der Waals surface area contributed by atoms with Crippen LogP contribution in [0.4, 0.5) is 5.69 Å². The van der Waals surface area contributed by atoms with Gasteiger partial charge in [-0.05, 0) is 19.1 Å². The van der Waals surface area contributed by atoms with E-state index in [2.05, 4.69) is 10.3 Å². The number of hydrogen-bond donors (Lipinski definition) is 1. The van der Waals surface area contributed by atoms with Gasteiger partial charge >= 0.3 is 5.97 Å². The lowest BCUT2D eigenvalue weighted by Gasteiger charge is -2.10. The monoisotopic (exact) mass is 296 g/mol. The summed E-state index contributed by atoms with van der Waals surface area (Å²) < 4.78 is 5.42. The quantitative estimate of drug-likeness (QED) is 0.877. The first kappa shape index (κ1) is 13.8. The van der Waals surface area contributed by atoms with Crippen molar-refractivity contribution in [1.29, 1.82) is 0 Å². The average Bonchev–Trinajstić information content (AvgIpc) is 2.82. The van der Waals surface area contributed by atoms with Crippen LogP contribution in [0.15, 0.2) is 24.4 Å². The van der Waals surface area contributed by atoms with Gasteiger partial charge in [-0.3, -0.25) is 0 Å². The van der Waals surface area contributed by atoms with Gasteiger partial charge in [-0.2, -0.15) is 0 Å². The Balaban J connectivity index is 2.17. The number of hydrogen-bond acceptors (Lipinski definition) is 5. The number of ether oxygens (including phenoxy) is 1. The van der Waals surface area contributed by atoms with Crippen LogP contribution < -0.4 is 5.32 Å². The SMILES string of the molecule is COC(=O)c1cc(C)ccc1NCc1ncc(Cl)s1. The summed E-state index contributed by atoms with van der Waals surface area (Å²) in [7, 11) is 1.37. The molecule has 0 unspecified atom stereocenters. The predicted molar refractivity (Wildman–Crippen MR) is 77.0 cm³/mol. The zero-order valence-corrected chi connectivity index (χ0v) is 12.1. The maximum Gasteiger partial charge on any atom is 0.339 e. The van der Waals surface area contributed by atoms with Crippen molar-refractivity contribution < 1.29 is 9.53 Å². The molecule has 0 saturated carbocycles. The van der Waals surface area contributed by atoms with E-state index in [0.717, 1.165) is 16.3 Å². The minimum Gasteiger partial charge on any atom is -0.465 e. The molecule has 0 amide bonds. The molecule has 19 heavy (non-hydrogen) atoms. The number of nitrogens with one attached hydrogen (secondary N) is 1. The second kappa shape index (κ2) is 6.04. The van der Waals surface area contributed by atoms with Crippen molar-refractivity contribution in [1.82, 2.24) is 4.98 Å². The van der Waals surface area contributed by atoms with Crippen molar-refractivity contribution in [2.24, 2.45) is 0 Å². The van der Waals surface area contributed by atoms with Crippen LogP contribution >= 0.6 is 22.9 Å². The second-order valence-electron chi connectivity index (χ2n) is 3.95. The third kappa shape index (κ3) is 3.45. The molecular formula is C13H13ClN2O2S. The van der Waals surface area contributed by atoms with Crippen LogP contribution in [0.1, 0.15) is 20.9 Å². The summed E-state index contributed by atoms with van der Waals surface area (Å²) in [6.45, 7) is 2.45. The Morgan fingerprint density at radius 2 is 2.32 bits per heavy atom. The van der Waals surface area contributed by atoms with Crippen LogP contribution in [0, 0.1) is 6.92 Å². The van der Waals surface area contributed by atoms with Gasteiger partial charge in [-0.15, -0.1) is 11.3 Å². The molecule has 0 saturated heterocycles. The molecule has 4 nitrogen and oxygen atoms in total. The minimum absolute atomic E-state index is 0.358. The summed E-state index contributed by atoms with van der Waals surface area (Å²) in [6.07, 6.45) is 1.61. The van der Waals surface area contributed by atoms with Crippen LogP contribution in [0.25, 0.3) is 0 Å². The highest BCUT2D eigenvalue weighted by Gasteiger charge is 2.12. The molecule has 1 aromatic heterocycles. The van der Waals surface area contributed by atoms with Crippen molar-refractivity contribution in [3.8, 4) is 0 Å². The molecule has 2 rings (SSSR count). The van der Waals surface area contributed by atoms with E-state index in [1.54, 1.807) is 12.3 Å². The summed E-state index contributed by atoms with van der Waals surface area (Å²) in [5.41, 5.74) is 2.25. The molecule has 0 fully saturated rings. The largest absolute Gasteiger partial charge is 0.465 e. The highest BCUT2D eigenvalue weighted by molar-refractivity contribution is 7.15. The third-order valence-corrected chi connectivity index (χ3v) is 3.65. The highest BCUT2D eigenvalue weighted by atomic mass is 35.5. The molecule has 0 bridgehead atoms. The van der Waals surface area contributed by atoms with Crippen LogP contribution in [0.5, 0.6) is 0 Å². The van der Waals surface area contributed by atoms with Crippen LogP contribution in [0.2, 0.25) is 4.34 Å². The van der Waals surface area contributed by atoms with Crippen molar-refractivity contribution in [2.45, 2.75) is 13.5 Å². The highest BCUT2D eigenvalue weighted by Crippen LogP contribution is 2.22. The number of benzene rings is 1. The molecule has 1 heterocycles. The number of esters is 1. The summed E-state index contributed by atoms with van der Waals surface area (Å²) in [6, 6.07) is 5.59. The number of halogens is 1. The van der Waals surface area contributed by atoms with E-state index in [4.69, 9.17) is 16.3 Å². The smallest absolute Gasteiger partial charge is 0.339 e. The molecule has 1 aromatic carbocycles. The molecule has 0 atom stereocenters. The Bertz CT molecular complexity index is 598. The number of methoxy groups -OCH3 is 1. The lowest BCUT2D eigenvalue weighted by Crippen LogP contribution is -2.08. The lowest BCUT2D eigenvalue weighted by molar-refractivity contribution is 0.0601. The molecule has 2 aromatic rings. The van der Waals surface area contributed by atoms with E-state index in [1.807, 2.05) is 19.1 Å². The van der Waals surface area contributed by atoms with E-state index in [1.165, 1.54) is 18.4 Å². The number of aromatic nitrogens is 1. The Morgan fingerprint density at radius 3 is 2.95 bits per heavy atom. The molecule has 0 spiro atoms. The van der Waals surface area contributed by atoms with Crippen LogP contribution in [-0.2, 0) is 11.3 Å². The number of rotatable bonds is 4. The minimum atomic E-state index is -0.358. The number of carbonyl (C=O) groups excluding carboxylic acids is 1. The number of nitrogens with zero attached hydrogens (tertiary/aromatic N) is 1. The zero-order valence-electron chi connectivity index (χ0n) is 10.6. The standard InChI is InChI=1S/C13H13ClN2O2S/c1-8-3-4-10(9(5-8)13(17)18-2)15-7-12-16-6-11(14)19-12/h3-6,15H,7H2,1-2H3. The van der Waals surface area contributed by atoms with Crippen molar-refractivity contribution in [3.05, 3.63) is 44.9 Å². The lowest BCUT2D eigenvalue weighted by atomic mass is 10.1. The summed E-state index contributed by atoms with van der Waals surface area (Å²) in [5, 5.41) is 4.04. The van der Waals surface area contributed by atoms with E-state index < -0.39 is 0 Å². The number of carbonyl (C=O) groups is 1. The Labute approximate surface area is 120 Å². The molecule has 0 aliphatic carbocycles. The van der Waals surface area contributed by atoms with Gasteiger partial charge in [-0.25, -0.2) is 9.78 Å². The van der Waals surface area contributed by atoms with Gasteiger partial charge in [0.05, 0.1) is 25.4 Å². The van der Waals surface area contributed by atoms with Gasteiger partial charge in [-0.1, -0.05) is 23.2 Å². The van der Waals surface area contributed by atoms with E-state index in [0.29, 0.717) is 16.4 Å². The molecule has 0 aliphatic heterocycles. The van der Waals surface area contributed by atoms with Crippen LogP contribution in [-0.4, -0.2) is 18.1 Å². The van der Waals surface area contributed by atoms with Crippen LogP contribution in [0.3, 0.4) is 0 Å². The van der Waals surface area contributed by atoms with E-state index in [-0.39, 0.29) is 5.97 Å². The molecule has 100 valence electrons. The topological polar surface area (TPSA) is 51.2 Å². The number of thiazole rings is 1. The van der Waals surface area contributed by atoms with Gasteiger partial charge in [0.1, 0.15) is 9.34 Å². The number of aryl methyl sites for hydroxylation is 1. The fourth-order valence-electron chi connectivity index (χ4n) is 1.63. The molecule has 6 heteroatoms. The Hall–Kier alpha value is -1.59. The molecular weight excluding hydrogens is 284 g/mol. The van der Waals surface area contributed by atoms with E-state index >= 15 is 0 Å². The first-order chi connectivity index (χ1) is 9.10. The Kier molecular flexibility index (Phi) is 4.39. The van der Waals surface area contributed by atoms with Crippen molar-refractivity contribution in [3.63, 3.8) is 0 Å². The zero-order chi connectivity index (χ0) is 13.8. The predicted octanol–water partition coefficient (Wildman–Crippen LogP) is 3.50. The summed E-state index contributed by atoms with van der Waals surface area (Å²) in [5.74, 6) is -0.358. The third-order valence-electron chi connectivity index (χ3n) is 2.54. The molecule has 0 radical (unpaired) electrons. The van der Waals surface area contributed by atoms with Gasteiger partial charge in [0.2, 0.25) is 0 Å². The first-order valence-electron chi connectivity index (χ1n) is 5.63. The van der Waals surface area contributed by atoms with Crippen molar-refractivity contribution in [2.75, 3.05) is 12.4 Å². The van der Waals surface area contributed by atoms with Gasteiger partial charge in [0.15, 0.2) is 0 Å². The molecule has 1 N–H and O–H groups in total. The fourth-order valence-corrected chi connectivity index (χ4v) is 2.53. The summed E-state index contributed by atoms with van der Waals surface area (Å²) >= 11 is 7.23. The van der Waals surface area contributed by atoms with Gasteiger partial charge in [0.25, 0.3) is 0 Å². The number of anilines is 1. The maximum absolute atomic E-state index is 11.7. The average molecular weight is 297 g/mol. The second-order valence-corrected chi connectivity index (χ2v) is 5.70. The maximum atomic E-state index is 11.7. The normalized spacial score (nSPS) is 10.3. The Morgan fingerprint density at radius 1 is 1.53 bits per heavy atom. The van der Waals surface area contributed by atoms with Gasteiger partial charge in [0, 0.05) is 5.69 Å². The van der Waals surface area contributed by atoms with E-state index in [9.17, 15) is 4.79 Å². The van der Waals surface area contributed by atoms with Crippen molar-refractivity contribution >= 4 is 34.6 Å². The first-order valence-corrected chi connectivity index (χ1v) is 6.82. The van der Waals surface area contributed by atoms with Gasteiger partial charge < -0.3 is 10.1 Å². The fraction of sp³-hybridized carbons (Fsp3) is 0.231.